The Morgan fingerprint density at radius 1 is 1.03 bits per heavy atom. The third-order valence-electron chi connectivity index (χ3n) is 4.24. The van der Waals surface area contributed by atoms with Gasteiger partial charge in [-0.05, 0) is 30.2 Å². The molecule has 2 aromatic carbocycles. The first-order chi connectivity index (χ1) is 14.1. The minimum atomic E-state index is -1.07. The fourth-order valence-corrected chi connectivity index (χ4v) is 2.81. The largest absolute Gasteiger partial charge is 0.478 e. The number of nitrogens with zero attached hydrogens (tertiary/aromatic N) is 1. The highest BCUT2D eigenvalue weighted by Crippen LogP contribution is 2.26. The van der Waals surface area contributed by atoms with Gasteiger partial charge in [0.05, 0.1) is 5.56 Å². The molecule has 0 atom stereocenters. The molecular formula is C23H18N2O4. The van der Waals surface area contributed by atoms with Crippen molar-refractivity contribution in [3.63, 3.8) is 0 Å². The SMILES string of the molecule is N#C/C(=C\c1ccc(-c2ccccc2C(=O)O)o1)C(=O)NCCc1ccccc1. The van der Waals surface area contributed by atoms with E-state index in [0.717, 1.165) is 5.56 Å². The summed E-state index contributed by atoms with van der Waals surface area (Å²) in [5.41, 5.74) is 1.52. The zero-order valence-corrected chi connectivity index (χ0v) is 15.5. The Bertz CT molecular complexity index is 1090. The second-order valence-electron chi connectivity index (χ2n) is 6.21. The number of carbonyl (C=O) groups excluding carboxylic acids is 1. The first-order valence-corrected chi connectivity index (χ1v) is 8.95. The molecule has 1 heterocycles. The minimum Gasteiger partial charge on any atom is -0.478 e. The van der Waals surface area contributed by atoms with Crippen LogP contribution in [0.4, 0.5) is 0 Å². The number of rotatable bonds is 7. The lowest BCUT2D eigenvalue weighted by atomic mass is 10.1. The van der Waals surface area contributed by atoms with E-state index in [1.807, 2.05) is 36.4 Å². The van der Waals surface area contributed by atoms with Gasteiger partial charge in [0.2, 0.25) is 0 Å². The molecule has 0 saturated carbocycles. The maximum absolute atomic E-state index is 12.3. The van der Waals surface area contributed by atoms with Gasteiger partial charge < -0.3 is 14.8 Å². The van der Waals surface area contributed by atoms with Gasteiger partial charge >= 0.3 is 5.97 Å². The van der Waals surface area contributed by atoms with Gasteiger partial charge in [0.1, 0.15) is 23.2 Å². The lowest BCUT2D eigenvalue weighted by Crippen LogP contribution is -2.26. The zero-order valence-electron chi connectivity index (χ0n) is 15.5. The van der Waals surface area contributed by atoms with Crippen molar-refractivity contribution in [1.82, 2.24) is 5.32 Å². The van der Waals surface area contributed by atoms with E-state index in [1.54, 1.807) is 30.3 Å². The standard InChI is InChI=1S/C23H18N2O4/c24-15-17(22(26)25-13-12-16-6-2-1-3-7-16)14-18-10-11-21(29-18)19-8-4-5-9-20(19)23(27)28/h1-11,14H,12-13H2,(H,25,26)(H,27,28)/b17-14+. The second-order valence-corrected chi connectivity index (χ2v) is 6.21. The Morgan fingerprint density at radius 3 is 2.48 bits per heavy atom. The van der Waals surface area contributed by atoms with Crippen LogP contribution in [0.25, 0.3) is 17.4 Å². The van der Waals surface area contributed by atoms with E-state index in [9.17, 15) is 20.0 Å². The topological polar surface area (TPSA) is 103 Å². The van der Waals surface area contributed by atoms with E-state index in [4.69, 9.17) is 4.42 Å². The molecule has 3 aromatic rings. The van der Waals surface area contributed by atoms with Crippen LogP contribution in [0.2, 0.25) is 0 Å². The Kier molecular flexibility index (Phi) is 6.23. The van der Waals surface area contributed by atoms with Gasteiger partial charge in [-0.15, -0.1) is 0 Å². The summed E-state index contributed by atoms with van der Waals surface area (Å²) in [6.45, 7) is 0.400. The van der Waals surface area contributed by atoms with Gasteiger partial charge in [-0.2, -0.15) is 5.26 Å². The predicted molar refractivity (Wildman–Crippen MR) is 108 cm³/mol. The lowest BCUT2D eigenvalue weighted by molar-refractivity contribution is -0.117. The first-order valence-electron chi connectivity index (χ1n) is 8.95. The van der Waals surface area contributed by atoms with Crippen molar-refractivity contribution >= 4 is 18.0 Å². The molecule has 0 unspecified atom stereocenters. The number of carboxylic acid groups (broad SMARTS) is 1. The minimum absolute atomic E-state index is 0.0921. The third-order valence-corrected chi connectivity index (χ3v) is 4.24. The smallest absolute Gasteiger partial charge is 0.336 e. The Balaban J connectivity index is 1.71. The number of nitrogens with one attached hydrogen (secondary N) is 1. The summed E-state index contributed by atoms with van der Waals surface area (Å²) in [6.07, 6.45) is 1.99. The molecule has 6 nitrogen and oxygen atoms in total. The van der Waals surface area contributed by atoms with Crippen molar-refractivity contribution in [1.29, 1.82) is 5.26 Å². The summed E-state index contributed by atoms with van der Waals surface area (Å²) in [4.78, 5) is 23.6. The van der Waals surface area contributed by atoms with Gasteiger partial charge in [-0.25, -0.2) is 4.79 Å². The molecule has 29 heavy (non-hydrogen) atoms. The quantitative estimate of drug-likeness (QED) is 0.473. The van der Waals surface area contributed by atoms with E-state index in [1.165, 1.54) is 12.1 Å². The number of amides is 1. The molecule has 3 rings (SSSR count). The average Bonchev–Trinajstić information content (AvgIpc) is 3.21. The average molecular weight is 386 g/mol. The molecule has 2 N–H and O–H groups in total. The molecule has 1 amide bonds. The molecule has 0 spiro atoms. The fourth-order valence-electron chi connectivity index (χ4n) is 2.81. The lowest BCUT2D eigenvalue weighted by Gasteiger charge is -2.04. The highest BCUT2D eigenvalue weighted by atomic mass is 16.4. The molecule has 0 saturated heterocycles. The molecule has 6 heteroatoms. The molecule has 0 radical (unpaired) electrons. The normalized spacial score (nSPS) is 10.9. The molecule has 144 valence electrons. The molecule has 0 aliphatic rings. The summed E-state index contributed by atoms with van der Waals surface area (Å²) in [5.74, 6) is -0.928. The van der Waals surface area contributed by atoms with Gasteiger partial charge in [-0.3, -0.25) is 4.79 Å². The Hall–Kier alpha value is -4.11. The van der Waals surface area contributed by atoms with Gasteiger partial charge in [0.25, 0.3) is 5.91 Å². The van der Waals surface area contributed by atoms with E-state index in [2.05, 4.69) is 5.32 Å². The maximum atomic E-state index is 12.3. The van der Waals surface area contributed by atoms with Crippen LogP contribution in [0.1, 0.15) is 21.7 Å². The Morgan fingerprint density at radius 2 is 1.76 bits per heavy atom. The van der Waals surface area contributed by atoms with Crippen molar-refractivity contribution < 1.29 is 19.1 Å². The highest BCUT2D eigenvalue weighted by molar-refractivity contribution is 6.01. The number of aromatic carboxylic acids is 1. The van der Waals surface area contributed by atoms with E-state index in [-0.39, 0.29) is 16.9 Å². The van der Waals surface area contributed by atoms with Crippen LogP contribution in [0, 0.1) is 11.3 Å². The number of nitriles is 1. The van der Waals surface area contributed by atoms with Crippen molar-refractivity contribution in [2.75, 3.05) is 6.54 Å². The third kappa shape index (κ3) is 4.99. The molecular weight excluding hydrogens is 368 g/mol. The number of benzene rings is 2. The summed E-state index contributed by atoms with van der Waals surface area (Å²) in [6, 6.07) is 21.2. The van der Waals surface area contributed by atoms with Crippen LogP contribution in [0.5, 0.6) is 0 Å². The van der Waals surface area contributed by atoms with Crippen molar-refractivity contribution in [3.8, 4) is 17.4 Å². The molecule has 0 aliphatic heterocycles. The van der Waals surface area contributed by atoms with Crippen LogP contribution < -0.4 is 5.32 Å². The first kappa shape index (κ1) is 19.6. The summed E-state index contributed by atoms with van der Waals surface area (Å²) in [7, 11) is 0. The summed E-state index contributed by atoms with van der Waals surface area (Å²) in [5, 5.41) is 21.3. The summed E-state index contributed by atoms with van der Waals surface area (Å²) < 4.78 is 5.65. The van der Waals surface area contributed by atoms with Gasteiger partial charge in [0, 0.05) is 18.2 Å². The summed E-state index contributed by atoms with van der Waals surface area (Å²) >= 11 is 0. The zero-order chi connectivity index (χ0) is 20.6. The molecule has 1 aromatic heterocycles. The van der Waals surface area contributed by atoms with Crippen LogP contribution in [-0.4, -0.2) is 23.5 Å². The molecule has 0 fully saturated rings. The highest BCUT2D eigenvalue weighted by Gasteiger charge is 2.15. The predicted octanol–water partition coefficient (Wildman–Crippen LogP) is 3.91. The van der Waals surface area contributed by atoms with Crippen LogP contribution in [-0.2, 0) is 11.2 Å². The van der Waals surface area contributed by atoms with Gasteiger partial charge in [0.15, 0.2) is 0 Å². The van der Waals surface area contributed by atoms with E-state index in [0.29, 0.717) is 24.3 Å². The van der Waals surface area contributed by atoms with Crippen molar-refractivity contribution in [2.45, 2.75) is 6.42 Å². The van der Waals surface area contributed by atoms with Crippen LogP contribution >= 0.6 is 0 Å². The number of furan rings is 1. The van der Waals surface area contributed by atoms with E-state index < -0.39 is 11.9 Å². The number of carbonyl (C=O) groups is 2. The molecule has 0 bridgehead atoms. The van der Waals surface area contributed by atoms with Crippen LogP contribution in [0.15, 0.2) is 76.7 Å². The number of carboxylic acids is 1. The van der Waals surface area contributed by atoms with Gasteiger partial charge in [-0.1, -0.05) is 48.5 Å². The van der Waals surface area contributed by atoms with E-state index >= 15 is 0 Å². The van der Waals surface area contributed by atoms with Crippen LogP contribution in [0.3, 0.4) is 0 Å². The molecule has 0 aliphatic carbocycles. The number of hydrogen-bond donors (Lipinski definition) is 2. The van der Waals surface area contributed by atoms with Crippen molar-refractivity contribution in [3.05, 3.63) is 89.2 Å². The maximum Gasteiger partial charge on any atom is 0.336 e. The second kappa shape index (κ2) is 9.20. The monoisotopic (exact) mass is 386 g/mol. The Labute approximate surface area is 167 Å². The number of hydrogen-bond acceptors (Lipinski definition) is 4. The fraction of sp³-hybridized carbons (Fsp3) is 0.0870. The van der Waals surface area contributed by atoms with Crippen molar-refractivity contribution in [2.24, 2.45) is 0 Å².